The number of rotatable bonds is 2. The van der Waals surface area contributed by atoms with Crippen molar-refractivity contribution in [3.05, 3.63) is 71.9 Å². The molecule has 0 aliphatic rings. The van der Waals surface area contributed by atoms with Gasteiger partial charge in [0.1, 0.15) is 0 Å². The van der Waals surface area contributed by atoms with Gasteiger partial charge in [-0.1, -0.05) is 48.5 Å². The van der Waals surface area contributed by atoms with Gasteiger partial charge in [-0.25, -0.2) is 4.98 Å². The first-order valence-electron chi connectivity index (χ1n) is 7.03. The Morgan fingerprint density at radius 1 is 0.864 bits per heavy atom. The van der Waals surface area contributed by atoms with Gasteiger partial charge in [-0.15, -0.1) is 0 Å². The van der Waals surface area contributed by atoms with Gasteiger partial charge in [0, 0.05) is 6.07 Å². The summed E-state index contributed by atoms with van der Waals surface area (Å²) in [5.74, 6) is 0.761. The van der Waals surface area contributed by atoms with E-state index >= 15 is 0 Å². The van der Waals surface area contributed by atoms with Crippen LogP contribution in [0.5, 0.6) is 0 Å². The van der Waals surface area contributed by atoms with Crippen molar-refractivity contribution >= 4 is 22.6 Å². The van der Waals surface area contributed by atoms with E-state index in [4.69, 9.17) is 11.6 Å². The Bertz CT molecular complexity index is 931. The Balaban J connectivity index is 1.88. The second-order valence-corrected chi connectivity index (χ2v) is 5.44. The largest absolute Gasteiger partial charge is 0.347 e. The predicted octanol–water partition coefficient (Wildman–Crippen LogP) is 4.36. The number of halogens is 1. The maximum absolute atomic E-state index is 6.35. The van der Waals surface area contributed by atoms with Crippen LogP contribution in [-0.4, -0.2) is 9.97 Å². The second-order valence-electron chi connectivity index (χ2n) is 5.08. The summed E-state index contributed by atoms with van der Waals surface area (Å²) in [6.45, 7) is 0. The number of hydrogen-bond donors (Lipinski definition) is 1. The molecule has 0 unspecified atom stereocenters. The van der Waals surface area contributed by atoms with Crippen LogP contribution in [0.1, 0.15) is 0 Å². The summed E-state index contributed by atoms with van der Waals surface area (Å²) in [5.41, 5.74) is 4.90. The van der Waals surface area contributed by atoms with Crippen molar-refractivity contribution in [2.75, 3.05) is 0 Å². The highest BCUT2D eigenvalue weighted by molar-refractivity contribution is 6.33. The van der Waals surface area contributed by atoms with E-state index in [0.29, 0.717) is 5.15 Å². The molecule has 4 aromatic rings. The molecule has 0 spiro atoms. The molecule has 0 bridgehead atoms. The van der Waals surface area contributed by atoms with Gasteiger partial charge >= 0.3 is 5.82 Å². The Morgan fingerprint density at radius 3 is 2.18 bits per heavy atom. The van der Waals surface area contributed by atoms with E-state index in [2.05, 4.69) is 33.2 Å². The van der Waals surface area contributed by atoms with Crippen LogP contribution in [0.25, 0.3) is 33.7 Å². The van der Waals surface area contributed by atoms with Crippen LogP contribution in [0.2, 0.25) is 5.15 Å². The van der Waals surface area contributed by atoms with Gasteiger partial charge in [-0.2, -0.15) is 0 Å². The molecule has 0 aliphatic heterocycles. The van der Waals surface area contributed by atoms with Gasteiger partial charge in [-0.3, -0.25) is 0 Å². The quantitative estimate of drug-likeness (QED) is 0.549. The lowest BCUT2D eigenvalue weighted by Crippen LogP contribution is -2.10. The zero-order valence-electron chi connectivity index (χ0n) is 11.7. The summed E-state index contributed by atoms with van der Waals surface area (Å²) >= 11 is 6.35. The van der Waals surface area contributed by atoms with Crippen molar-refractivity contribution in [1.29, 1.82) is 0 Å². The first kappa shape index (κ1) is 13.0. The number of nitrogens with one attached hydrogen (secondary N) is 2. The number of benzene rings is 2. The molecule has 2 aromatic heterocycles. The average Bonchev–Trinajstić information content (AvgIpc) is 3.01. The smallest absolute Gasteiger partial charge is 0.330 e. The fourth-order valence-corrected chi connectivity index (χ4v) is 2.76. The molecule has 3 nitrogen and oxygen atoms in total. The van der Waals surface area contributed by atoms with E-state index in [1.165, 1.54) is 0 Å². The molecule has 0 amide bonds. The number of aromatic nitrogens is 3. The minimum absolute atomic E-state index is 0.467. The molecular formula is C18H13ClN3+. The van der Waals surface area contributed by atoms with Crippen molar-refractivity contribution in [3.8, 4) is 22.6 Å². The van der Waals surface area contributed by atoms with Crippen molar-refractivity contribution in [2.45, 2.75) is 0 Å². The molecule has 0 saturated heterocycles. The lowest BCUT2D eigenvalue weighted by molar-refractivity contribution is -0.335. The Morgan fingerprint density at radius 2 is 1.50 bits per heavy atom. The van der Waals surface area contributed by atoms with Gasteiger partial charge in [0.15, 0.2) is 11.0 Å². The maximum atomic E-state index is 6.35. The zero-order chi connectivity index (χ0) is 14.9. The van der Waals surface area contributed by atoms with E-state index in [1.54, 1.807) is 0 Å². The fraction of sp³-hybridized carbons (Fsp3) is 0. The monoisotopic (exact) mass is 306 g/mol. The van der Waals surface area contributed by atoms with Crippen molar-refractivity contribution < 1.29 is 4.98 Å². The number of hydrogen-bond acceptors (Lipinski definition) is 1. The van der Waals surface area contributed by atoms with Crippen LogP contribution >= 0.6 is 11.6 Å². The number of aromatic amines is 2. The van der Waals surface area contributed by atoms with Gasteiger partial charge in [-0.05, 0) is 34.3 Å². The molecule has 106 valence electrons. The van der Waals surface area contributed by atoms with Crippen LogP contribution < -0.4 is 4.98 Å². The SMILES string of the molecule is Clc1nc(-c2ccccc2)[nH+]c2cc(-c3ccccc3)[nH]c12. The third kappa shape index (κ3) is 2.26. The van der Waals surface area contributed by atoms with E-state index < -0.39 is 0 Å². The molecule has 0 fully saturated rings. The third-order valence-corrected chi connectivity index (χ3v) is 3.89. The third-order valence-electron chi connectivity index (χ3n) is 3.62. The number of nitrogens with zero attached hydrogens (tertiary/aromatic N) is 1. The molecule has 0 aliphatic carbocycles. The maximum Gasteiger partial charge on any atom is 0.330 e. The normalized spacial score (nSPS) is 11.0. The van der Waals surface area contributed by atoms with Gasteiger partial charge in [0.05, 0.1) is 11.3 Å². The number of H-pyrrole nitrogens is 2. The topological polar surface area (TPSA) is 42.8 Å². The van der Waals surface area contributed by atoms with Gasteiger partial charge < -0.3 is 4.98 Å². The highest BCUT2D eigenvalue weighted by Crippen LogP contribution is 2.26. The van der Waals surface area contributed by atoms with Gasteiger partial charge in [0.25, 0.3) is 5.15 Å². The summed E-state index contributed by atoms with van der Waals surface area (Å²) in [6.07, 6.45) is 0. The first-order valence-corrected chi connectivity index (χ1v) is 7.41. The summed E-state index contributed by atoms with van der Waals surface area (Å²) < 4.78 is 0. The minimum atomic E-state index is 0.467. The lowest BCUT2D eigenvalue weighted by atomic mass is 10.1. The van der Waals surface area contributed by atoms with Gasteiger partial charge in [0.2, 0.25) is 0 Å². The highest BCUT2D eigenvalue weighted by Gasteiger charge is 2.18. The predicted molar refractivity (Wildman–Crippen MR) is 88.5 cm³/mol. The Hall–Kier alpha value is -2.65. The Kier molecular flexibility index (Phi) is 3.13. The van der Waals surface area contributed by atoms with E-state index in [-0.39, 0.29) is 0 Å². The van der Waals surface area contributed by atoms with Crippen molar-refractivity contribution in [2.24, 2.45) is 0 Å². The molecule has 4 rings (SSSR count). The first-order chi connectivity index (χ1) is 10.8. The van der Waals surface area contributed by atoms with Crippen molar-refractivity contribution in [1.82, 2.24) is 9.97 Å². The summed E-state index contributed by atoms with van der Waals surface area (Å²) in [7, 11) is 0. The Labute approximate surface area is 132 Å². The summed E-state index contributed by atoms with van der Waals surface area (Å²) in [5, 5.41) is 0.467. The van der Waals surface area contributed by atoms with Crippen molar-refractivity contribution in [3.63, 3.8) is 0 Å². The van der Waals surface area contributed by atoms with Crippen LogP contribution in [-0.2, 0) is 0 Å². The molecule has 0 radical (unpaired) electrons. The molecule has 2 aromatic carbocycles. The number of fused-ring (bicyclic) bond motifs is 1. The standard InChI is InChI=1S/C18H12ClN3/c19-17-16-15(11-14(20-16)12-7-3-1-4-8-12)21-18(22-17)13-9-5-2-6-10-13/h1-11,20H/p+1. The van der Waals surface area contributed by atoms with Crippen LogP contribution in [0, 0.1) is 0 Å². The van der Waals surface area contributed by atoms with E-state index in [1.807, 2.05) is 48.5 Å². The summed E-state index contributed by atoms with van der Waals surface area (Å²) in [6, 6.07) is 22.2. The molecular weight excluding hydrogens is 294 g/mol. The van der Waals surface area contributed by atoms with Crippen LogP contribution in [0.3, 0.4) is 0 Å². The second kappa shape index (κ2) is 5.28. The molecule has 0 saturated carbocycles. The van der Waals surface area contributed by atoms with Crippen LogP contribution in [0.15, 0.2) is 66.7 Å². The summed E-state index contributed by atoms with van der Waals surface area (Å²) in [4.78, 5) is 11.1. The van der Waals surface area contributed by atoms with E-state index in [9.17, 15) is 0 Å². The fourth-order valence-electron chi connectivity index (χ4n) is 2.53. The molecule has 4 heteroatoms. The lowest BCUT2D eigenvalue weighted by Gasteiger charge is -1.94. The average molecular weight is 307 g/mol. The molecule has 2 N–H and O–H groups in total. The zero-order valence-corrected chi connectivity index (χ0v) is 12.4. The molecule has 0 atom stereocenters. The highest BCUT2D eigenvalue weighted by atomic mass is 35.5. The van der Waals surface area contributed by atoms with E-state index in [0.717, 1.165) is 33.7 Å². The van der Waals surface area contributed by atoms with Crippen LogP contribution in [0.4, 0.5) is 0 Å². The molecule has 2 heterocycles. The molecule has 22 heavy (non-hydrogen) atoms. The minimum Gasteiger partial charge on any atom is -0.347 e.